The number of rotatable bonds is 3. The minimum Gasteiger partial charge on any atom is -0.462 e. The molecule has 5 atom stereocenters. The molecule has 2 saturated heterocycles. The molecule has 2 saturated carbocycles. The number of ether oxygens (including phenoxy) is 1. The second-order valence-corrected chi connectivity index (χ2v) is 9.74. The maximum absolute atomic E-state index is 12.8. The fourth-order valence-electron chi connectivity index (χ4n) is 6.33. The molecule has 0 unspecified atom stereocenters. The van der Waals surface area contributed by atoms with Gasteiger partial charge in [0.1, 0.15) is 6.10 Å². The van der Waals surface area contributed by atoms with Gasteiger partial charge in [0.25, 0.3) is 0 Å². The van der Waals surface area contributed by atoms with Crippen LogP contribution in [0.15, 0.2) is 30.6 Å². The Kier molecular flexibility index (Phi) is 4.85. The Morgan fingerprint density at radius 2 is 2.00 bits per heavy atom. The van der Waals surface area contributed by atoms with Crippen LogP contribution in [0, 0.1) is 23.2 Å². The van der Waals surface area contributed by atoms with E-state index in [-0.39, 0.29) is 23.4 Å². The van der Waals surface area contributed by atoms with Gasteiger partial charge in [0, 0.05) is 51.0 Å². The van der Waals surface area contributed by atoms with E-state index in [0.29, 0.717) is 11.8 Å². The molecule has 1 aromatic heterocycles. The van der Waals surface area contributed by atoms with Crippen LogP contribution in [-0.2, 0) is 9.53 Å². The molecule has 6 heteroatoms. The summed E-state index contributed by atoms with van der Waals surface area (Å²) in [6, 6.07) is 1.85. The van der Waals surface area contributed by atoms with Crippen LogP contribution in [0.3, 0.4) is 0 Å². The summed E-state index contributed by atoms with van der Waals surface area (Å²) in [6.45, 7) is 11.3. The third-order valence-corrected chi connectivity index (χ3v) is 7.98. The number of carbonyl (C=O) groups excluding carboxylic acids is 1. The first-order chi connectivity index (χ1) is 14.0. The molecule has 1 aromatic rings. The van der Waals surface area contributed by atoms with Crippen molar-refractivity contribution in [3.63, 3.8) is 0 Å². The van der Waals surface area contributed by atoms with E-state index in [2.05, 4.69) is 33.3 Å². The molecule has 0 radical (unpaired) electrons. The number of hydrogen-bond acceptors (Lipinski definition) is 6. The van der Waals surface area contributed by atoms with Crippen LogP contribution in [-0.4, -0.2) is 59.7 Å². The molecular weight excluding hydrogens is 364 g/mol. The van der Waals surface area contributed by atoms with Gasteiger partial charge in [-0.3, -0.25) is 9.69 Å². The normalized spacial score (nSPS) is 37.8. The third kappa shape index (κ3) is 3.45. The molecule has 4 aliphatic rings. The molecule has 3 heterocycles. The highest BCUT2D eigenvalue weighted by atomic mass is 16.6. The average molecular weight is 397 g/mol. The van der Waals surface area contributed by atoms with Gasteiger partial charge in [-0.2, -0.15) is 0 Å². The summed E-state index contributed by atoms with van der Waals surface area (Å²) in [6.07, 6.45) is 9.41. The molecule has 6 nitrogen and oxygen atoms in total. The van der Waals surface area contributed by atoms with Crippen LogP contribution < -0.4 is 4.90 Å². The van der Waals surface area contributed by atoms with Gasteiger partial charge in [-0.25, -0.2) is 9.97 Å². The quantitative estimate of drug-likeness (QED) is 0.578. The zero-order chi connectivity index (χ0) is 20.0. The first-order valence-electron chi connectivity index (χ1n) is 11.2. The molecule has 0 N–H and O–H groups in total. The number of carbonyl (C=O) groups is 1. The average Bonchev–Trinajstić information content (AvgIpc) is 3.01. The van der Waals surface area contributed by atoms with E-state index in [1.807, 2.05) is 6.07 Å². The van der Waals surface area contributed by atoms with Crippen molar-refractivity contribution in [2.24, 2.45) is 23.2 Å². The van der Waals surface area contributed by atoms with Gasteiger partial charge >= 0.3 is 5.97 Å². The summed E-state index contributed by atoms with van der Waals surface area (Å²) in [7, 11) is 0. The molecule has 2 aliphatic heterocycles. The van der Waals surface area contributed by atoms with Gasteiger partial charge in [-0.15, -0.1) is 0 Å². The van der Waals surface area contributed by atoms with Crippen LogP contribution in [0.5, 0.6) is 0 Å². The highest BCUT2D eigenvalue weighted by Gasteiger charge is 2.55. The van der Waals surface area contributed by atoms with E-state index in [9.17, 15) is 4.79 Å². The minimum atomic E-state index is 0.0128. The van der Waals surface area contributed by atoms with E-state index >= 15 is 0 Å². The van der Waals surface area contributed by atoms with Crippen LogP contribution in [0.2, 0.25) is 0 Å². The van der Waals surface area contributed by atoms with Crippen LogP contribution >= 0.6 is 0 Å². The van der Waals surface area contributed by atoms with Gasteiger partial charge in [-0.1, -0.05) is 19.1 Å². The Morgan fingerprint density at radius 3 is 2.76 bits per heavy atom. The van der Waals surface area contributed by atoms with Crippen molar-refractivity contribution >= 4 is 11.9 Å². The number of anilines is 1. The lowest BCUT2D eigenvalue weighted by Gasteiger charge is -2.50. The molecular formula is C23H32N4O2. The smallest absolute Gasteiger partial charge is 0.310 e. The van der Waals surface area contributed by atoms with Gasteiger partial charge in [0.2, 0.25) is 5.95 Å². The molecule has 0 aromatic carbocycles. The van der Waals surface area contributed by atoms with E-state index < -0.39 is 0 Å². The van der Waals surface area contributed by atoms with Gasteiger partial charge < -0.3 is 9.64 Å². The number of esters is 1. The van der Waals surface area contributed by atoms with E-state index in [0.717, 1.165) is 57.9 Å². The number of nitrogens with zero attached hydrogens (tertiary/aromatic N) is 4. The van der Waals surface area contributed by atoms with Gasteiger partial charge in [-0.05, 0) is 49.5 Å². The number of fused-ring (bicyclic) bond motifs is 2. The molecule has 0 amide bonds. The summed E-state index contributed by atoms with van der Waals surface area (Å²) in [5.74, 6) is 1.75. The van der Waals surface area contributed by atoms with Crippen molar-refractivity contribution < 1.29 is 9.53 Å². The largest absolute Gasteiger partial charge is 0.462 e. The SMILES string of the molecule is C=C1CCC[C@]2(C)C[C@H]3OC(=O)[C@H](CN4CCN(c5ncccn5)CC4)[C@H]3C[C@H]12. The second kappa shape index (κ2) is 7.38. The van der Waals surface area contributed by atoms with E-state index in [1.54, 1.807) is 12.4 Å². The van der Waals surface area contributed by atoms with Crippen LogP contribution in [0.1, 0.15) is 39.0 Å². The Balaban J connectivity index is 1.23. The highest BCUT2D eigenvalue weighted by molar-refractivity contribution is 5.75. The van der Waals surface area contributed by atoms with Crippen LogP contribution in [0.4, 0.5) is 5.95 Å². The molecule has 2 aliphatic carbocycles. The van der Waals surface area contributed by atoms with Crippen molar-refractivity contribution in [1.82, 2.24) is 14.9 Å². The standard InChI is InChI=1S/C23H32N4O2/c1-16-5-3-6-23(2)14-20-17(13-19(16)23)18(21(28)29-20)15-26-9-11-27(12-10-26)22-24-7-4-8-25-22/h4,7-8,17-20H,1,3,5-6,9-15H2,2H3/t17-,18-,19-,20-,23-/m1/s1. The van der Waals surface area contributed by atoms with Gasteiger partial charge in [0.05, 0.1) is 5.92 Å². The second-order valence-electron chi connectivity index (χ2n) is 9.74. The lowest BCUT2D eigenvalue weighted by molar-refractivity contribution is -0.146. The maximum atomic E-state index is 12.8. The summed E-state index contributed by atoms with van der Waals surface area (Å²) in [4.78, 5) is 26.2. The summed E-state index contributed by atoms with van der Waals surface area (Å²) in [5.41, 5.74) is 1.68. The lowest BCUT2D eigenvalue weighted by Crippen LogP contribution is -2.50. The zero-order valence-corrected chi connectivity index (χ0v) is 17.4. The topological polar surface area (TPSA) is 58.6 Å². The minimum absolute atomic E-state index is 0.0128. The van der Waals surface area contributed by atoms with Crippen LogP contribution in [0.25, 0.3) is 0 Å². The number of piperazine rings is 1. The molecule has 29 heavy (non-hydrogen) atoms. The van der Waals surface area contributed by atoms with Crippen molar-refractivity contribution in [2.75, 3.05) is 37.6 Å². The molecule has 0 spiro atoms. The number of allylic oxidation sites excluding steroid dienone is 1. The Bertz CT molecular complexity index is 776. The zero-order valence-electron chi connectivity index (χ0n) is 17.4. The molecule has 5 rings (SSSR count). The molecule has 4 fully saturated rings. The van der Waals surface area contributed by atoms with E-state index in [4.69, 9.17) is 4.74 Å². The predicted molar refractivity (Wildman–Crippen MR) is 111 cm³/mol. The maximum Gasteiger partial charge on any atom is 0.310 e. The molecule has 0 bridgehead atoms. The number of aromatic nitrogens is 2. The van der Waals surface area contributed by atoms with E-state index in [1.165, 1.54) is 18.4 Å². The third-order valence-electron chi connectivity index (χ3n) is 7.98. The Hall–Kier alpha value is -1.95. The summed E-state index contributed by atoms with van der Waals surface area (Å²) in [5, 5.41) is 0. The van der Waals surface area contributed by atoms with Crippen molar-refractivity contribution in [2.45, 2.75) is 45.1 Å². The van der Waals surface area contributed by atoms with Crippen molar-refractivity contribution in [3.8, 4) is 0 Å². The fraction of sp³-hybridized carbons (Fsp3) is 0.696. The fourth-order valence-corrected chi connectivity index (χ4v) is 6.33. The molecule has 156 valence electrons. The first-order valence-corrected chi connectivity index (χ1v) is 11.2. The monoisotopic (exact) mass is 396 g/mol. The lowest BCUT2D eigenvalue weighted by atomic mass is 9.55. The van der Waals surface area contributed by atoms with Gasteiger partial charge in [0.15, 0.2) is 0 Å². The van der Waals surface area contributed by atoms with Crippen molar-refractivity contribution in [3.05, 3.63) is 30.6 Å². The first kappa shape index (κ1) is 19.0. The van der Waals surface area contributed by atoms with Crippen molar-refractivity contribution in [1.29, 1.82) is 0 Å². The summed E-state index contributed by atoms with van der Waals surface area (Å²) >= 11 is 0. The number of hydrogen-bond donors (Lipinski definition) is 0. The highest BCUT2D eigenvalue weighted by Crippen LogP contribution is 2.56. The Labute approximate surface area is 173 Å². The Morgan fingerprint density at radius 1 is 1.24 bits per heavy atom. The predicted octanol–water partition coefficient (Wildman–Crippen LogP) is 2.91. The summed E-state index contributed by atoms with van der Waals surface area (Å²) < 4.78 is 5.93.